The predicted octanol–water partition coefficient (Wildman–Crippen LogP) is 3.60. The molecule has 1 N–H and O–H groups in total. The Balaban J connectivity index is 2.38. The molecule has 1 aromatic rings. The summed E-state index contributed by atoms with van der Waals surface area (Å²) in [5.41, 5.74) is 1.18. The molecule has 0 aromatic heterocycles. The van der Waals surface area contributed by atoms with Crippen molar-refractivity contribution < 1.29 is 14.6 Å². The largest absolute Gasteiger partial charge is 0.478 e. The van der Waals surface area contributed by atoms with E-state index in [1.807, 2.05) is 19.1 Å². The fraction of sp³-hybridized carbons (Fsp3) is 0.500. The first kappa shape index (κ1) is 15.1. The Hall–Kier alpha value is -1.00. The normalized spacial score (nSPS) is 10.6. The minimum Gasteiger partial charge on any atom is -0.478 e. The second kappa shape index (κ2) is 8.16. The molecular weight excluding hydrogens is 248 g/mol. The van der Waals surface area contributed by atoms with Gasteiger partial charge in [0.15, 0.2) is 0 Å². The molecule has 4 heteroatoms. The number of unbranched alkanes of at least 4 members (excludes halogenated alkanes) is 1. The average Bonchev–Trinajstić information content (AvgIpc) is 2.35. The number of aromatic carboxylic acids is 1. The fourth-order valence-electron chi connectivity index (χ4n) is 1.49. The van der Waals surface area contributed by atoms with Crippen molar-refractivity contribution in [2.75, 3.05) is 19.0 Å². The van der Waals surface area contributed by atoms with Gasteiger partial charge in [-0.3, -0.25) is 0 Å². The number of carbonyl (C=O) groups is 1. The highest BCUT2D eigenvalue weighted by atomic mass is 32.2. The zero-order chi connectivity index (χ0) is 13.4. The molecule has 0 aliphatic carbocycles. The number of carboxylic acid groups (broad SMARTS) is 1. The third-order valence-corrected chi connectivity index (χ3v) is 3.54. The van der Waals surface area contributed by atoms with E-state index in [4.69, 9.17) is 9.84 Å². The molecule has 0 atom stereocenters. The lowest BCUT2D eigenvalue weighted by Crippen LogP contribution is -2.01. The monoisotopic (exact) mass is 268 g/mol. The Morgan fingerprint density at radius 3 is 2.83 bits per heavy atom. The first-order chi connectivity index (χ1) is 8.65. The van der Waals surface area contributed by atoms with E-state index in [0.29, 0.717) is 12.2 Å². The van der Waals surface area contributed by atoms with Crippen LogP contribution in [0, 0.1) is 6.92 Å². The molecule has 1 rings (SSSR count). The lowest BCUT2D eigenvalue weighted by atomic mass is 10.1. The number of carboxylic acids is 1. The Morgan fingerprint density at radius 1 is 1.39 bits per heavy atom. The third kappa shape index (κ3) is 5.10. The van der Waals surface area contributed by atoms with E-state index in [1.165, 1.54) is 0 Å². The minimum atomic E-state index is -0.867. The van der Waals surface area contributed by atoms with E-state index >= 15 is 0 Å². The molecule has 0 saturated carbocycles. The summed E-state index contributed by atoms with van der Waals surface area (Å²) >= 11 is 1.63. The standard InChI is InChI=1S/C14H20O3S/c1-3-4-7-17-8-9-18-12-6-5-11(2)13(10-12)14(15)16/h5-6,10H,3-4,7-9H2,1-2H3,(H,15,16). The number of rotatable bonds is 8. The van der Waals surface area contributed by atoms with Crippen LogP contribution in [0.2, 0.25) is 0 Å². The summed E-state index contributed by atoms with van der Waals surface area (Å²) in [6.45, 7) is 5.47. The summed E-state index contributed by atoms with van der Waals surface area (Å²) in [7, 11) is 0. The summed E-state index contributed by atoms with van der Waals surface area (Å²) < 4.78 is 5.46. The molecule has 0 spiro atoms. The first-order valence-corrected chi connectivity index (χ1v) is 7.18. The van der Waals surface area contributed by atoms with Crippen LogP contribution < -0.4 is 0 Å². The molecule has 18 heavy (non-hydrogen) atoms. The summed E-state index contributed by atoms with van der Waals surface area (Å²) in [6, 6.07) is 5.54. The molecule has 1 aromatic carbocycles. The van der Waals surface area contributed by atoms with Crippen LogP contribution in [0.5, 0.6) is 0 Å². The molecular formula is C14H20O3S. The Kier molecular flexibility index (Phi) is 6.83. The summed E-state index contributed by atoms with van der Waals surface area (Å²) in [6.07, 6.45) is 2.24. The van der Waals surface area contributed by atoms with Crippen LogP contribution in [0.1, 0.15) is 35.7 Å². The van der Waals surface area contributed by atoms with Gasteiger partial charge >= 0.3 is 5.97 Å². The van der Waals surface area contributed by atoms with Crippen molar-refractivity contribution in [3.63, 3.8) is 0 Å². The average molecular weight is 268 g/mol. The maximum absolute atomic E-state index is 11.0. The lowest BCUT2D eigenvalue weighted by Gasteiger charge is -2.06. The van der Waals surface area contributed by atoms with Crippen LogP contribution >= 0.6 is 11.8 Å². The molecule has 0 aliphatic heterocycles. The van der Waals surface area contributed by atoms with Crippen LogP contribution in [0.25, 0.3) is 0 Å². The van der Waals surface area contributed by atoms with E-state index in [0.717, 1.165) is 35.7 Å². The Bertz CT molecular complexity index is 391. The summed E-state index contributed by atoms with van der Waals surface area (Å²) in [5.74, 6) is -0.0135. The van der Waals surface area contributed by atoms with Gasteiger partial charge in [-0.2, -0.15) is 0 Å². The van der Waals surface area contributed by atoms with Gasteiger partial charge in [0.25, 0.3) is 0 Å². The maximum atomic E-state index is 11.0. The second-order valence-corrected chi connectivity index (χ2v) is 5.26. The molecule has 100 valence electrons. The van der Waals surface area contributed by atoms with Crippen LogP contribution in [0.15, 0.2) is 23.1 Å². The predicted molar refractivity (Wildman–Crippen MR) is 74.6 cm³/mol. The lowest BCUT2D eigenvalue weighted by molar-refractivity contribution is 0.0696. The van der Waals surface area contributed by atoms with Gasteiger partial charge in [0.05, 0.1) is 12.2 Å². The molecule has 3 nitrogen and oxygen atoms in total. The van der Waals surface area contributed by atoms with Crippen LogP contribution in [0.4, 0.5) is 0 Å². The fourth-order valence-corrected chi connectivity index (χ4v) is 2.29. The highest BCUT2D eigenvalue weighted by Crippen LogP contribution is 2.21. The Labute approximate surface area is 113 Å². The number of thioether (sulfide) groups is 1. The molecule has 0 amide bonds. The summed E-state index contributed by atoms with van der Waals surface area (Å²) in [4.78, 5) is 12.0. The van der Waals surface area contributed by atoms with Crippen molar-refractivity contribution in [1.29, 1.82) is 0 Å². The minimum absolute atomic E-state index is 0.381. The van der Waals surface area contributed by atoms with Crippen molar-refractivity contribution in [1.82, 2.24) is 0 Å². The maximum Gasteiger partial charge on any atom is 0.335 e. The van der Waals surface area contributed by atoms with Gasteiger partial charge in [0, 0.05) is 17.3 Å². The van der Waals surface area contributed by atoms with E-state index in [-0.39, 0.29) is 0 Å². The molecule has 0 bridgehead atoms. The van der Waals surface area contributed by atoms with E-state index in [1.54, 1.807) is 17.8 Å². The molecule has 0 aliphatic rings. The zero-order valence-corrected chi connectivity index (χ0v) is 11.8. The molecule has 0 radical (unpaired) electrons. The molecule has 0 saturated heterocycles. The van der Waals surface area contributed by atoms with Crippen LogP contribution in [-0.2, 0) is 4.74 Å². The highest BCUT2D eigenvalue weighted by molar-refractivity contribution is 7.99. The van der Waals surface area contributed by atoms with Crippen molar-refractivity contribution >= 4 is 17.7 Å². The van der Waals surface area contributed by atoms with Gasteiger partial charge in [0.2, 0.25) is 0 Å². The number of hydrogen-bond acceptors (Lipinski definition) is 3. The second-order valence-electron chi connectivity index (χ2n) is 4.10. The zero-order valence-electron chi connectivity index (χ0n) is 10.9. The molecule has 0 heterocycles. The number of benzene rings is 1. The third-order valence-electron chi connectivity index (χ3n) is 2.58. The van der Waals surface area contributed by atoms with Crippen LogP contribution in [-0.4, -0.2) is 30.0 Å². The Morgan fingerprint density at radius 2 is 2.17 bits per heavy atom. The van der Waals surface area contributed by atoms with Gasteiger partial charge < -0.3 is 9.84 Å². The topological polar surface area (TPSA) is 46.5 Å². The van der Waals surface area contributed by atoms with E-state index < -0.39 is 5.97 Å². The van der Waals surface area contributed by atoms with Gasteiger partial charge in [-0.15, -0.1) is 11.8 Å². The number of hydrogen-bond donors (Lipinski definition) is 1. The quantitative estimate of drug-likeness (QED) is 0.578. The van der Waals surface area contributed by atoms with Gasteiger partial charge in [-0.05, 0) is 31.0 Å². The van der Waals surface area contributed by atoms with Gasteiger partial charge in [0.1, 0.15) is 0 Å². The van der Waals surface area contributed by atoms with Crippen molar-refractivity contribution in [3.05, 3.63) is 29.3 Å². The smallest absolute Gasteiger partial charge is 0.335 e. The van der Waals surface area contributed by atoms with Gasteiger partial charge in [-0.25, -0.2) is 4.79 Å². The number of aryl methyl sites for hydroxylation is 1. The van der Waals surface area contributed by atoms with E-state index in [9.17, 15) is 4.79 Å². The van der Waals surface area contributed by atoms with Crippen molar-refractivity contribution in [2.24, 2.45) is 0 Å². The summed E-state index contributed by atoms with van der Waals surface area (Å²) in [5, 5.41) is 9.02. The van der Waals surface area contributed by atoms with Gasteiger partial charge in [-0.1, -0.05) is 19.4 Å². The van der Waals surface area contributed by atoms with Crippen LogP contribution in [0.3, 0.4) is 0 Å². The van der Waals surface area contributed by atoms with Crippen molar-refractivity contribution in [2.45, 2.75) is 31.6 Å². The highest BCUT2D eigenvalue weighted by Gasteiger charge is 2.07. The van der Waals surface area contributed by atoms with E-state index in [2.05, 4.69) is 6.92 Å². The molecule has 0 fully saturated rings. The number of ether oxygens (including phenoxy) is 1. The SMILES string of the molecule is CCCCOCCSc1ccc(C)c(C(=O)O)c1. The van der Waals surface area contributed by atoms with Crippen molar-refractivity contribution in [3.8, 4) is 0 Å². The first-order valence-electron chi connectivity index (χ1n) is 6.19. The molecule has 0 unspecified atom stereocenters.